The maximum atomic E-state index is 11.0. The molecular formula is C22H59NO6. The van der Waals surface area contributed by atoms with Crippen molar-refractivity contribution in [3.63, 3.8) is 0 Å². The van der Waals surface area contributed by atoms with Crippen molar-refractivity contribution in [2.45, 2.75) is 98.8 Å². The zero-order valence-electron chi connectivity index (χ0n) is 12.0. The van der Waals surface area contributed by atoms with Gasteiger partial charge in [0, 0.05) is 13.7 Å². The normalized spacial score (nSPS) is 9.31. The summed E-state index contributed by atoms with van der Waals surface area (Å²) in [6, 6.07) is 1.70. The lowest BCUT2D eigenvalue weighted by molar-refractivity contribution is -0.149. The molecule has 0 aromatic rings. The van der Waals surface area contributed by atoms with Crippen molar-refractivity contribution < 1.29 is 28.8 Å². The molecule has 1 N–H and O–H groups in total. The molecule has 0 radical (unpaired) electrons. The fraction of sp³-hybridized carbons (Fsp3) is 0.909. The van der Waals surface area contributed by atoms with Crippen molar-refractivity contribution in [2.75, 3.05) is 40.1 Å². The first-order chi connectivity index (χ1) is 9.67. The van der Waals surface area contributed by atoms with Gasteiger partial charge in [0.05, 0.1) is 25.9 Å². The zero-order valence-corrected chi connectivity index (χ0v) is 12.0. The molecule has 0 spiro atoms. The average molecular weight is 434 g/mol. The minimum Gasteiger partial charge on any atom is -0.462 e. The monoisotopic (exact) mass is 433 g/mol. The van der Waals surface area contributed by atoms with Gasteiger partial charge in [0.15, 0.2) is 0 Å². The number of carbonyl (C=O) groups is 1. The van der Waals surface area contributed by atoms with Crippen LogP contribution in [0.4, 0.5) is 0 Å². The highest BCUT2D eigenvalue weighted by Gasteiger charge is 2.15. The molecule has 188 valence electrons. The molecule has 2 atom stereocenters. The van der Waals surface area contributed by atoms with E-state index in [1.54, 1.807) is 6.07 Å². The van der Waals surface area contributed by atoms with E-state index in [9.17, 15) is 4.79 Å². The molecule has 0 aromatic heterocycles. The van der Waals surface area contributed by atoms with Crippen LogP contribution in [0.2, 0.25) is 0 Å². The van der Waals surface area contributed by atoms with Gasteiger partial charge in [-0.3, -0.25) is 4.79 Å². The van der Waals surface area contributed by atoms with Gasteiger partial charge in [0.1, 0.15) is 25.2 Å². The van der Waals surface area contributed by atoms with Crippen LogP contribution >= 0.6 is 0 Å². The van der Waals surface area contributed by atoms with E-state index < -0.39 is 18.2 Å². The molecule has 0 aliphatic rings. The standard InChI is InChI=1S/C13H23NO6.9CH4/c1-3-6-18-8-11(7-15)19-9-12(17-2)10-20-13(16)4-5-14;;;;;;;;;/h11-12,15H,3-4,6-10H2,1-2H3;9*1H4. The first-order valence-electron chi connectivity index (χ1n) is 6.53. The average Bonchev–Trinajstić information content (AvgIpc) is 2.45. The number of hydrogen-bond donors (Lipinski definition) is 1. The summed E-state index contributed by atoms with van der Waals surface area (Å²) in [4.78, 5) is 11.0. The molecule has 0 bridgehead atoms. The summed E-state index contributed by atoms with van der Waals surface area (Å²) in [5.41, 5.74) is 0. The number of carbonyl (C=O) groups excluding carboxylic acids is 1. The summed E-state index contributed by atoms with van der Waals surface area (Å²) >= 11 is 0. The molecule has 0 aliphatic carbocycles. The zero-order chi connectivity index (χ0) is 15.2. The first-order valence-corrected chi connectivity index (χ1v) is 6.53. The van der Waals surface area contributed by atoms with E-state index in [0.717, 1.165) is 6.42 Å². The third kappa shape index (κ3) is 38.1. The summed E-state index contributed by atoms with van der Waals surface area (Å²) in [6.45, 7) is 2.91. The summed E-state index contributed by atoms with van der Waals surface area (Å²) in [5, 5.41) is 17.5. The Bertz CT molecular complexity index is 296. The number of nitrogens with zero attached hydrogens (tertiary/aromatic N) is 1. The van der Waals surface area contributed by atoms with Crippen molar-refractivity contribution in [1.29, 1.82) is 5.26 Å². The minimum atomic E-state index is -0.598. The highest BCUT2D eigenvalue weighted by atomic mass is 16.6. The topological polar surface area (TPSA) is 98.0 Å². The van der Waals surface area contributed by atoms with Crippen molar-refractivity contribution in [3.05, 3.63) is 0 Å². The van der Waals surface area contributed by atoms with Crippen LogP contribution in [0.15, 0.2) is 0 Å². The van der Waals surface area contributed by atoms with Crippen LogP contribution in [0, 0.1) is 11.3 Å². The van der Waals surface area contributed by atoms with E-state index in [0.29, 0.717) is 13.2 Å². The van der Waals surface area contributed by atoms with Crippen LogP contribution in [0.5, 0.6) is 0 Å². The molecule has 0 rings (SSSR count). The maximum absolute atomic E-state index is 11.0. The molecule has 0 aliphatic heterocycles. The first kappa shape index (κ1) is 63.0. The minimum absolute atomic E-state index is 0. The van der Waals surface area contributed by atoms with Crippen molar-refractivity contribution >= 4 is 5.97 Å². The summed E-state index contributed by atoms with van der Waals surface area (Å²) in [7, 11) is 1.47. The van der Waals surface area contributed by atoms with Crippen LogP contribution < -0.4 is 0 Å². The van der Waals surface area contributed by atoms with Gasteiger partial charge in [-0.1, -0.05) is 73.8 Å². The fourth-order valence-corrected chi connectivity index (χ4v) is 1.24. The second kappa shape index (κ2) is 45.5. The van der Waals surface area contributed by atoms with Crippen LogP contribution in [0.25, 0.3) is 0 Å². The molecule has 0 fully saturated rings. The van der Waals surface area contributed by atoms with E-state index in [4.69, 9.17) is 29.3 Å². The summed E-state index contributed by atoms with van der Waals surface area (Å²) in [6.07, 6.45) is -0.276. The van der Waals surface area contributed by atoms with Gasteiger partial charge in [-0.2, -0.15) is 5.26 Å². The Morgan fingerprint density at radius 3 is 1.83 bits per heavy atom. The van der Waals surface area contributed by atoms with E-state index >= 15 is 0 Å². The number of aliphatic hydroxyl groups excluding tert-OH is 1. The summed E-state index contributed by atoms with van der Waals surface area (Å²) < 4.78 is 20.6. The molecule has 0 saturated carbocycles. The third-order valence-electron chi connectivity index (χ3n) is 2.36. The predicted octanol–water partition coefficient (Wildman–Crippen LogP) is 5.99. The van der Waals surface area contributed by atoms with E-state index in [1.165, 1.54) is 7.11 Å². The smallest absolute Gasteiger partial charge is 0.320 e. The van der Waals surface area contributed by atoms with Gasteiger partial charge < -0.3 is 24.1 Å². The number of nitriles is 1. The summed E-state index contributed by atoms with van der Waals surface area (Å²) in [5.74, 6) is -0.598. The SMILES string of the molecule is C.C.C.C.C.C.C.C.C.CCCOCC(CO)OCC(COC(=O)CC#N)OC. The third-order valence-corrected chi connectivity index (χ3v) is 2.36. The Hall–Kier alpha value is -1.20. The highest BCUT2D eigenvalue weighted by molar-refractivity contribution is 5.71. The van der Waals surface area contributed by atoms with Crippen molar-refractivity contribution in [3.8, 4) is 6.07 Å². The number of ether oxygens (including phenoxy) is 4. The number of rotatable bonds is 12. The van der Waals surface area contributed by atoms with Gasteiger partial charge in [-0.05, 0) is 6.42 Å². The lowest BCUT2D eigenvalue weighted by atomic mass is 10.3. The Kier molecular flexibility index (Phi) is 98.9. The van der Waals surface area contributed by atoms with Gasteiger partial charge >= 0.3 is 5.97 Å². The predicted molar refractivity (Wildman–Crippen MR) is 131 cm³/mol. The Morgan fingerprint density at radius 2 is 1.45 bits per heavy atom. The molecule has 0 amide bonds. The van der Waals surface area contributed by atoms with Crippen LogP contribution in [-0.4, -0.2) is 63.4 Å². The lowest BCUT2D eigenvalue weighted by Crippen LogP contribution is -2.32. The van der Waals surface area contributed by atoms with Gasteiger partial charge in [0.2, 0.25) is 0 Å². The fourth-order valence-electron chi connectivity index (χ4n) is 1.24. The number of esters is 1. The molecule has 7 heteroatoms. The highest BCUT2D eigenvalue weighted by Crippen LogP contribution is 2.00. The lowest BCUT2D eigenvalue weighted by Gasteiger charge is -2.20. The van der Waals surface area contributed by atoms with E-state index in [-0.39, 0.29) is 93.1 Å². The Labute approximate surface area is 185 Å². The van der Waals surface area contributed by atoms with Crippen molar-refractivity contribution in [1.82, 2.24) is 0 Å². The molecule has 7 nitrogen and oxygen atoms in total. The van der Waals surface area contributed by atoms with E-state index in [2.05, 4.69) is 0 Å². The molecule has 0 aromatic carbocycles. The number of hydrogen-bond acceptors (Lipinski definition) is 7. The molecular weight excluding hydrogens is 374 g/mol. The second-order valence-corrected chi connectivity index (χ2v) is 4.09. The van der Waals surface area contributed by atoms with Gasteiger partial charge in [-0.25, -0.2) is 0 Å². The van der Waals surface area contributed by atoms with Gasteiger partial charge in [-0.15, -0.1) is 0 Å². The maximum Gasteiger partial charge on any atom is 0.320 e. The molecule has 29 heavy (non-hydrogen) atoms. The second-order valence-electron chi connectivity index (χ2n) is 4.09. The number of methoxy groups -OCH3 is 1. The number of aliphatic hydroxyl groups is 1. The van der Waals surface area contributed by atoms with Crippen LogP contribution in [0.1, 0.15) is 86.6 Å². The molecule has 2 unspecified atom stereocenters. The van der Waals surface area contributed by atoms with E-state index in [1.807, 2.05) is 6.92 Å². The Balaban J connectivity index is -0.0000000501. The molecule has 0 saturated heterocycles. The van der Waals surface area contributed by atoms with Crippen LogP contribution in [-0.2, 0) is 23.7 Å². The quantitative estimate of drug-likeness (QED) is 0.298. The Morgan fingerprint density at radius 1 is 0.931 bits per heavy atom. The van der Waals surface area contributed by atoms with Crippen LogP contribution in [0.3, 0.4) is 0 Å². The van der Waals surface area contributed by atoms with Gasteiger partial charge in [0.25, 0.3) is 0 Å². The largest absolute Gasteiger partial charge is 0.462 e. The van der Waals surface area contributed by atoms with Crippen molar-refractivity contribution in [2.24, 2.45) is 0 Å². The molecule has 0 heterocycles.